The molecule has 0 unspecified atom stereocenters. The number of hydrogen-bond donors (Lipinski definition) is 0. The van der Waals surface area contributed by atoms with Gasteiger partial charge in [0.25, 0.3) is 0 Å². The monoisotopic (exact) mass is 528 g/mol. The van der Waals surface area contributed by atoms with Crippen molar-refractivity contribution in [1.29, 1.82) is 0 Å². The van der Waals surface area contributed by atoms with Gasteiger partial charge in [0.05, 0.1) is 0 Å². The smallest absolute Gasteiger partial charge is 0.124 e. The lowest BCUT2D eigenvalue weighted by Gasteiger charge is -2.21. The van der Waals surface area contributed by atoms with Crippen LogP contribution in [0.15, 0.2) is 121 Å². The first-order chi connectivity index (χ1) is 19.9. The van der Waals surface area contributed by atoms with E-state index in [0.29, 0.717) is 0 Å². The highest BCUT2D eigenvalue weighted by Crippen LogP contribution is 2.46. The maximum Gasteiger partial charge on any atom is 0.124 e. The third-order valence-electron chi connectivity index (χ3n) is 8.76. The topological polar surface area (TPSA) is 0 Å². The zero-order valence-electron chi connectivity index (χ0n) is 23.4. The first-order valence-electron chi connectivity index (χ1n) is 14.3. The molecule has 0 atom stereocenters. The molecule has 8 aromatic carbocycles. The van der Waals surface area contributed by atoms with Crippen molar-refractivity contribution in [2.45, 2.75) is 26.2 Å². The zero-order valence-corrected chi connectivity index (χ0v) is 23.4. The summed E-state index contributed by atoms with van der Waals surface area (Å²) in [5, 5.41) is 11.6. The fourth-order valence-electron chi connectivity index (χ4n) is 6.83. The van der Waals surface area contributed by atoms with Gasteiger partial charge in [-0.3, -0.25) is 0 Å². The highest BCUT2D eigenvalue weighted by molar-refractivity contribution is 6.26. The van der Waals surface area contributed by atoms with E-state index in [1.165, 1.54) is 65.5 Å². The summed E-state index contributed by atoms with van der Waals surface area (Å²) in [7, 11) is 0. The number of hydrogen-bond acceptors (Lipinski definition) is 0. The second-order valence-electron chi connectivity index (χ2n) is 12.3. The van der Waals surface area contributed by atoms with Crippen molar-refractivity contribution in [3.63, 3.8) is 0 Å². The Bertz CT molecular complexity index is 2160. The predicted octanol–water partition coefficient (Wildman–Crippen LogP) is 11.7. The second-order valence-corrected chi connectivity index (χ2v) is 12.3. The molecule has 0 fully saturated rings. The molecular formula is C40H29F. The van der Waals surface area contributed by atoms with Gasteiger partial charge in [-0.15, -0.1) is 0 Å². The lowest BCUT2D eigenvalue weighted by atomic mass is 9.83. The summed E-state index contributed by atoms with van der Waals surface area (Å²) in [5.74, 6) is -0.192. The minimum atomic E-state index is -0.192. The molecule has 0 aromatic heterocycles. The molecule has 8 rings (SSSR count). The standard InChI is InChI=1S/C40H29F/c1-40(2,3)30-18-16-24(17-19-30)38-32-8-4-6-10-34(32)39(35-11-7-5-9-33(35)38)29-20-25-12-14-27-22-31(41)23-28-15-13-26(21-29)36(25)37(27)28/h4-23H,1-3H3. The molecule has 196 valence electrons. The first kappa shape index (κ1) is 24.1. The molecule has 0 heterocycles. The molecule has 0 radical (unpaired) electrons. The Morgan fingerprint density at radius 2 is 0.829 bits per heavy atom. The Morgan fingerprint density at radius 3 is 1.24 bits per heavy atom. The summed E-state index contributed by atoms with van der Waals surface area (Å²) < 4.78 is 14.3. The van der Waals surface area contributed by atoms with Crippen LogP contribution in [-0.2, 0) is 5.41 Å². The van der Waals surface area contributed by atoms with Crippen LogP contribution in [0.3, 0.4) is 0 Å². The van der Waals surface area contributed by atoms with Gasteiger partial charge in [0, 0.05) is 0 Å². The predicted molar refractivity (Wildman–Crippen MR) is 175 cm³/mol. The number of rotatable bonds is 2. The van der Waals surface area contributed by atoms with E-state index in [-0.39, 0.29) is 11.2 Å². The van der Waals surface area contributed by atoms with Crippen molar-refractivity contribution in [2.24, 2.45) is 0 Å². The molecule has 0 N–H and O–H groups in total. The Kier molecular flexibility index (Phi) is 5.06. The third kappa shape index (κ3) is 3.66. The van der Waals surface area contributed by atoms with Gasteiger partial charge >= 0.3 is 0 Å². The molecule has 0 aliphatic heterocycles. The van der Waals surface area contributed by atoms with Crippen LogP contribution in [0.1, 0.15) is 26.3 Å². The SMILES string of the molecule is CC(C)(C)c1ccc(-c2c3ccccc3c(-c3cc4ccc5cc(F)cc6ccc(c3)c4c56)c3ccccc23)cc1. The molecule has 0 amide bonds. The van der Waals surface area contributed by atoms with Gasteiger partial charge in [-0.05, 0) is 111 Å². The van der Waals surface area contributed by atoms with E-state index in [9.17, 15) is 4.39 Å². The molecule has 41 heavy (non-hydrogen) atoms. The molecule has 0 aliphatic carbocycles. The Balaban J connectivity index is 1.45. The average molecular weight is 529 g/mol. The Hall–Kier alpha value is -4.75. The van der Waals surface area contributed by atoms with Crippen molar-refractivity contribution in [3.05, 3.63) is 133 Å². The highest BCUT2D eigenvalue weighted by atomic mass is 19.1. The third-order valence-corrected chi connectivity index (χ3v) is 8.76. The summed E-state index contributed by atoms with van der Waals surface area (Å²) in [4.78, 5) is 0. The summed E-state index contributed by atoms with van der Waals surface area (Å²) in [5.41, 5.74) is 6.41. The number of fused-ring (bicyclic) bond motifs is 2. The van der Waals surface area contributed by atoms with Gasteiger partial charge in [0.15, 0.2) is 0 Å². The molecule has 0 spiro atoms. The van der Waals surface area contributed by atoms with Crippen LogP contribution in [-0.4, -0.2) is 0 Å². The van der Waals surface area contributed by atoms with Gasteiger partial charge in [0.1, 0.15) is 5.82 Å². The summed E-state index contributed by atoms with van der Waals surface area (Å²) >= 11 is 0. The van der Waals surface area contributed by atoms with Crippen molar-refractivity contribution in [2.75, 3.05) is 0 Å². The molecule has 1 heteroatoms. The molecule has 0 saturated heterocycles. The van der Waals surface area contributed by atoms with Crippen LogP contribution in [0, 0.1) is 5.82 Å². The van der Waals surface area contributed by atoms with E-state index in [0.717, 1.165) is 16.2 Å². The van der Waals surface area contributed by atoms with Gasteiger partial charge in [-0.1, -0.05) is 118 Å². The molecule has 8 aromatic rings. The fourth-order valence-corrected chi connectivity index (χ4v) is 6.83. The van der Waals surface area contributed by atoms with Crippen molar-refractivity contribution in [3.8, 4) is 22.3 Å². The van der Waals surface area contributed by atoms with Gasteiger partial charge in [-0.25, -0.2) is 4.39 Å². The van der Waals surface area contributed by atoms with E-state index in [1.807, 2.05) is 0 Å². The van der Waals surface area contributed by atoms with Crippen LogP contribution in [0.2, 0.25) is 0 Å². The summed E-state index contributed by atoms with van der Waals surface area (Å²) in [6, 6.07) is 43.0. The molecular weight excluding hydrogens is 499 g/mol. The fraction of sp³-hybridized carbons (Fsp3) is 0.100. The number of halogens is 1. The lowest BCUT2D eigenvalue weighted by molar-refractivity contribution is 0.590. The van der Waals surface area contributed by atoms with Crippen LogP contribution in [0.25, 0.3) is 76.1 Å². The van der Waals surface area contributed by atoms with Gasteiger partial charge in [0.2, 0.25) is 0 Å². The van der Waals surface area contributed by atoms with Crippen molar-refractivity contribution < 1.29 is 4.39 Å². The van der Waals surface area contributed by atoms with E-state index in [4.69, 9.17) is 0 Å². The number of benzene rings is 8. The highest BCUT2D eigenvalue weighted by Gasteiger charge is 2.19. The maximum absolute atomic E-state index is 14.3. The lowest BCUT2D eigenvalue weighted by Crippen LogP contribution is -2.10. The Labute approximate surface area is 239 Å². The Morgan fingerprint density at radius 1 is 0.439 bits per heavy atom. The molecule has 0 aliphatic rings. The first-order valence-corrected chi connectivity index (χ1v) is 14.3. The van der Waals surface area contributed by atoms with Crippen molar-refractivity contribution in [1.82, 2.24) is 0 Å². The van der Waals surface area contributed by atoms with E-state index < -0.39 is 0 Å². The summed E-state index contributed by atoms with van der Waals surface area (Å²) in [6.07, 6.45) is 0. The van der Waals surface area contributed by atoms with E-state index in [2.05, 4.69) is 130 Å². The van der Waals surface area contributed by atoms with Crippen LogP contribution in [0.4, 0.5) is 4.39 Å². The zero-order chi connectivity index (χ0) is 27.9. The second kappa shape index (κ2) is 8.62. The van der Waals surface area contributed by atoms with Crippen LogP contribution >= 0.6 is 0 Å². The largest absolute Gasteiger partial charge is 0.207 e. The van der Waals surface area contributed by atoms with Crippen molar-refractivity contribution >= 4 is 53.9 Å². The minimum absolute atomic E-state index is 0.109. The van der Waals surface area contributed by atoms with Crippen LogP contribution in [0.5, 0.6) is 0 Å². The molecule has 0 bridgehead atoms. The summed E-state index contributed by atoms with van der Waals surface area (Å²) in [6.45, 7) is 6.78. The maximum atomic E-state index is 14.3. The van der Waals surface area contributed by atoms with E-state index >= 15 is 0 Å². The van der Waals surface area contributed by atoms with E-state index in [1.54, 1.807) is 12.1 Å². The van der Waals surface area contributed by atoms with Gasteiger partial charge < -0.3 is 0 Å². The molecule has 0 saturated carbocycles. The van der Waals surface area contributed by atoms with Crippen LogP contribution < -0.4 is 0 Å². The van der Waals surface area contributed by atoms with Gasteiger partial charge in [-0.2, -0.15) is 0 Å². The molecule has 0 nitrogen and oxygen atoms in total. The minimum Gasteiger partial charge on any atom is -0.207 e. The quantitative estimate of drug-likeness (QED) is 0.155. The normalized spacial score (nSPS) is 12.4. The average Bonchev–Trinajstić information content (AvgIpc) is 2.97.